The summed E-state index contributed by atoms with van der Waals surface area (Å²) in [5.41, 5.74) is 7.73. The van der Waals surface area contributed by atoms with Crippen LogP contribution >= 0.6 is 0 Å². The molecule has 0 saturated carbocycles. The van der Waals surface area contributed by atoms with E-state index in [-0.39, 0.29) is 12.5 Å². The Morgan fingerprint density at radius 2 is 2.33 bits per heavy atom. The summed E-state index contributed by atoms with van der Waals surface area (Å²) in [4.78, 5) is 15.1. The normalized spacial score (nSPS) is 10.3. The lowest BCUT2D eigenvalue weighted by atomic mass is 10.3. The Balaban J connectivity index is 2.08. The number of aromatic nitrogens is 4. The molecule has 2 aromatic rings. The third kappa shape index (κ3) is 2.89. The molecule has 0 aromatic carbocycles. The number of aryl methyl sites for hydroxylation is 1. The number of carbonyl (C=O) groups is 1. The van der Waals surface area contributed by atoms with Gasteiger partial charge in [0.05, 0.1) is 31.2 Å². The van der Waals surface area contributed by atoms with Gasteiger partial charge in [-0.3, -0.25) is 9.78 Å². The molecule has 2 rings (SSSR count). The molecule has 0 atom stereocenters. The van der Waals surface area contributed by atoms with Crippen LogP contribution in [0.2, 0.25) is 0 Å². The topological polar surface area (TPSA) is 98.7 Å². The molecule has 0 radical (unpaired) electrons. The van der Waals surface area contributed by atoms with Crippen molar-refractivity contribution in [1.29, 1.82) is 0 Å². The molecule has 0 aliphatic carbocycles. The maximum absolute atomic E-state index is 11.0. The molecule has 0 saturated heterocycles. The van der Waals surface area contributed by atoms with Gasteiger partial charge in [0, 0.05) is 6.20 Å². The lowest BCUT2D eigenvalue weighted by Crippen LogP contribution is -2.29. The molecule has 7 heteroatoms. The van der Waals surface area contributed by atoms with E-state index in [4.69, 9.17) is 5.73 Å². The van der Waals surface area contributed by atoms with Crippen molar-refractivity contribution >= 4 is 5.91 Å². The number of hydrogen-bond donors (Lipinski definition) is 2. The van der Waals surface area contributed by atoms with E-state index in [0.717, 1.165) is 11.3 Å². The Morgan fingerprint density at radius 1 is 1.50 bits per heavy atom. The van der Waals surface area contributed by atoms with Gasteiger partial charge in [0.15, 0.2) is 0 Å². The first-order valence-electron chi connectivity index (χ1n) is 5.49. The highest BCUT2D eigenvalue weighted by atomic mass is 16.1. The van der Waals surface area contributed by atoms with E-state index in [1.807, 2.05) is 13.0 Å². The zero-order valence-corrected chi connectivity index (χ0v) is 10.00. The molecule has 0 bridgehead atoms. The zero-order valence-electron chi connectivity index (χ0n) is 10.00. The van der Waals surface area contributed by atoms with Gasteiger partial charge in [-0.2, -0.15) is 0 Å². The second-order valence-corrected chi connectivity index (χ2v) is 3.86. The number of amides is 1. The average molecular weight is 246 g/mol. The summed E-state index contributed by atoms with van der Waals surface area (Å²) in [6.45, 7) is 2.24. The van der Waals surface area contributed by atoms with Gasteiger partial charge in [-0.05, 0) is 18.6 Å². The van der Waals surface area contributed by atoms with Gasteiger partial charge in [0.1, 0.15) is 5.69 Å². The summed E-state index contributed by atoms with van der Waals surface area (Å²) in [6, 6.07) is 1.95. The monoisotopic (exact) mass is 246 g/mol. The number of pyridine rings is 1. The van der Waals surface area contributed by atoms with Crippen LogP contribution in [0.15, 0.2) is 24.7 Å². The molecular weight excluding hydrogens is 232 g/mol. The largest absolute Gasteiger partial charge is 0.349 e. The quantitative estimate of drug-likeness (QED) is 0.761. The van der Waals surface area contributed by atoms with Crippen molar-refractivity contribution in [2.24, 2.45) is 5.73 Å². The summed E-state index contributed by atoms with van der Waals surface area (Å²) in [5, 5.41) is 10.6. The molecule has 7 nitrogen and oxygen atoms in total. The number of rotatable bonds is 4. The summed E-state index contributed by atoms with van der Waals surface area (Å²) in [5.74, 6) is -0.221. The van der Waals surface area contributed by atoms with Crippen molar-refractivity contribution in [1.82, 2.24) is 25.3 Å². The van der Waals surface area contributed by atoms with Crippen LogP contribution < -0.4 is 11.1 Å². The van der Waals surface area contributed by atoms with Crippen LogP contribution in [0.3, 0.4) is 0 Å². The van der Waals surface area contributed by atoms with Gasteiger partial charge >= 0.3 is 0 Å². The molecule has 0 aliphatic heterocycles. The van der Waals surface area contributed by atoms with E-state index in [2.05, 4.69) is 20.6 Å². The molecule has 2 aromatic heterocycles. The van der Waals surface area contributed by atoms with E-state index < -0.39 is 0 Å². The van der Waals surface area contributed by atoms with E-state index in [1.165, 1.54) is 0 Å². The second-order valence-electron chi connectivity index (χ2n) is 3.86. The first kappa shape index (κ1) is 12.2. The highest BCUT2D eigenvalue weighted by Crippen LogP contribution is 2.06. The average Bonchev–Trinajstić information content (AvgIpc) is 2.84. The highest BCUT2D eigenvalue weighted by molar-refractivity contribution is 5.77. The molecule has 94 valence electrons. The molecule has 0 spiro atoms. The number of nitrogens with two attached hydrogens (primary N) is 1. The minimum absolute atomic E-state index is 0.0318. The van der Waals surface area contributed by atoms with Crippen LogP contribution in [0.1, 0.15) is 11.3 Å². The van der Waals surface area contributed by atoms with Crippen LogP contribution in [-0.4, -0.2) is 32.4 Å². The maximum atomic E-state index is 11.0. The summed E-state index contributed by atoms with van der Waals surface area (Å²) in [6.07, 6.45) is 5.21. The second kappa shape index (κ2) is 5.37. The predicted molar refractivity (Wildman–Crippen MR) is 64.8 cm³/mol. The van der Waals surface area contributed by atoms with Crippen molar-refractivity contribution in [3.63, 3.8) is 0 Å². The fourth-order valence-electron chi connectivity index (χ4n) is 1.43. The molecule has 1 amide bonds. The van der Waals surface area contributed by atoms with Crippen LogP contribution in [0.25, 0.3) is 5.69 Å². The fraction of sp³-hybridized carbons (Fsp3) is 0.273. The molecule has 3 N–H and O–H groups in total. The standard InChI is InChI=1S/C11H14N6O/c1-8-2-10(6-13-4-8)17-7-9(15-16-17)5-14-11(18)3-12/h2,4,6-7H,3,5,12H2,1H3,(H,14,18). The Kier molecular flexibility index (Phi) is 3.63. The van der Waals surface area contributed by atoms with Crippen LogP contribution in [-0.2, 0) is 11.3 Å². The number of carbonyl (C=O) groups excluding carboxylic acids is 1. The maximum Gasteiger partial charge on any atom is 0.234 e. The van der Waals surface area contributed by atoms with E-state index in [1.54, 1.807) is 23.3 Å². The first-order chi connectivity index (χ1) is 8.69. The summed E-state index contributed by atoms with van der Waals surface area (Å²) < 4.78 is 1.62. The van der Waals surface area contributed by atoms with Crippen LogP contribution in [0.4, 0.5) is 0 Å². The molecule has 18 heavy (non-hydrogen) atoms. The number of hydrogen-bond acceptors (Lipinski definition) is 5. The van der Waals surface area contributed by atoms with E-state index in [0.29, 0.717) is 12.2 Å². The Labute approximate surface area is 104 Å². The third-order valence-electron chi connectivity index (χ3n) is 2.32. The van der Waals surface area contributed by atoms with Crippen molar-refractivity contribution < 1.29 is 4.79 Å². The number of nitrogens with one attached hydrogen (secondary N) is 1. The van der Waals surface area contributed by atoms with Gasteiger partial charge in [-0.1, -0.05) is 5.21 Å². The van der Waals surface area contributed by atoms with Gasteiger partial charge in [-0.15, -0.1) is 5.10 Å². The van der Waals surface area contributed by atoms with Crippen LogP contribution in [0.5, 0.6) is 0 Å². The summed E-state index contributed by atoms with van der Waals surface area (Å²) in [7, 11) is 0. The fourth-order valence-corrected chi connectivity index (χ4v) is 1.43. The van der Waals surface area contributed by atoms with Crippen molar-refractivity contribution in [3.8, 4) is 5.69 Å². The Hall–Kier alpha value is -2.28. The van der Waals surface area contributed by atoms with E-state index in [9.17, 15) is 4.79 Å². The zero-order chi connectivity index (χ0) is 13.0. The lowest BCUT2D eigenvalue weighted by molar-refractivity contribution is -0.119. The van der Waals surface area contributed by atoms with Gasteiger partial charge in [-0.25, -0.2) is 4.68 Å². The molecule has 2 heterocycles. The minimum Gasteiger partial charge on any atom is -0.349 e. The third-order valence-corrected chi connectivity index (χ3v) is 2.32. The highest BCUT2D eigenvalue weighted by Gasteiger charge is 2.04. The minimum atomic E-state index is -0.221. The van der Waals surface area contributed by atoms with Crippen molar-refractivity contribution in [3.05, 3.63) is 35.9 Å². The van der Waals surface area contributed by atoms with Gasteiger partial charge < -0.3 is 11.1 Å². The van der Waals surface area contributed by atoms with Gasteiger partial charge in [0.2, 0.25) is 5.91 Å². The Morgan fingerprint density at radius 3 is 3.06 bits per heavy atom. The van der Waals surface area contributed by atoms with Gasteiger partial charge in [0.25, 0.3) is 0 Å². The Bertz CT molecular complexity index is 550. The van der Waals surface area contributed by atoms with Crippen molar-refractivity contribution in [2.45, 2.75) is 13.5 Å². The molecule has 0 unspecified atom stereocenters. The summed E-state index contributed by atoms with van der Waals surface area (Å²) >= 11 is 0. The number of nitrogens with zero attached hydrogens (tertiary/aromatic N) is 4. The lowest BCUT2D eigenvalue weighted by Gasteiger charge is -2.00. The van der Waals surface area contributed by atoms with Crippen molar-refractivity contribution in [2.75, 3.05) is 6.54 Å². The van der Waals surface area contributed by atoms with Crippen LogP contribution in [0, 0.1) is 6.92 Å². The predicted octanol–water partition coefficient (Wildman–Crippen LogP) is -0.454. The van der Waals surface area contributed by atoms with E-state index >= 15 is 0 Å². The molecule has 0 aliphatic rings. The first-order valence-corrected chi connectivity index (χ1v) is 5.49. The molecular formula is C11H14N6O. The molecule has 0 fully saturated rings. The smallest absolute Gasteiger partial charge is 0.234 e. The SMILES string of the molecule is Cc1cncc(-n2cc(CNC(=O)CN)nn2)c1.